The number of carbonyl (C=O) groups excluding carboxylic acids is 1. The van der Waals surface area contributed by atoms with Crippen LogP contribution in [-0.4, -0.2) is 38.8 Å². The smallest absolute Gasteiger partial charge is 0.303 e. The van der Waals surface area contributed by atoms with E-state index < -0.39 is 5.97 Å². The van der Waals surface area contributed by atoms with E-state index in [0.717, 1.165) is 28.9 Å². The number of aliphatic carboxylic acids is 1. The van der Waals surface area contributed by atoms with Crippen LogP contribution in [0.4, 0.5) is 5.69 Å². The summed E-state index contributed by atoms with van der Waals surface area (Å²) in [6.45, 7) is 5.27. The molecule has 1 saturated heterocycles. The van der Waals surface area contributed by atoms with Crippen molar-refractivity contribution in [1.82, 2.24) is 4.90 Å². The summed E-state index contributed by atoms with van der Waals surface area (Å²) in [6, 6.07) is 16.7. The molecule has 0 bridgehead atoms. The summed E-state index contributed by atoms with van der Waals surface area (Å²) >= 11 is 6.81. The van der Waals surface area contributed by atoms with Gasteiger partial charge in [0.2, 0.25) is 0 Å². The minimum absolute atomic E-state index is 0.0187. The molecule has 1 amide bonds. The lowest BCUT2D eigenvalue weighted by atomic mass is 10.0. The van der Waals surface area contributed by atoms with Crippen LogP contribution in [0.5, 0.6) is 0 Å². The van der Waals surface area contributed by atoms with Gasteiger partial charge < -0.3 is 10.0 Å². The number of carboxylic acid groups (broad SMARTS) is 1. The van der Waals surface area contributed by atoms with Gasteiger partial charge in [-0.15, -0.1) is 0 Å². The minimum atomic E-state index is -0.867. The molecule has 2 aromatic rings. The summed E-state index contributed by atoms with van der Waals surface area (Å²) < 4.78 is 0.501. The summed E-state index contributed by atoms with van der Waals surface area (Å²) in [4.78, 5) is 28.7. The van der Waals surface area contributed by atoms with Crippen LogP contribution >= 0.6 is 24.0 Å². The summed E-state index contributed by atoms with van der Waals surface area (Å²) in [5.41, 5.74) is 5.56. The molecule has 1 unspecified atom stereocenters. The zero-order chi connectivity index (χ0) is 22.1. The van der Waals surface area contributed by atoms with Gasteiger partial charge in [-0.1, -0.05) is 65.9 Å². The molecule has 2 aliphatic rings. The van der Waals surface area contributed by atoms with Gasteiger partial charge in [-0.25, -0.2) is 0 Å². The lowest BCUT2D eigenvalue weighted by Crippen LogP contribution is -2.31. The average molecular weight is 453 g/mol. The molecule has 2 aliphatic heterocycles. The van der Waals surface area contributed by atoms with E-state index in [1.165, 1.54) is 17.3 Å². The Labute approximate surface area is 191 Å². The zero-order valence-corrected chi connectivity index (χ0v) is 19.1. The van der Waals surface area contributed by atoms with Gasteiger partial charge >= 0.3 is 5.97 Å². The molecule has 160 valence electrons. The van der Waals surface area contributed by atoms with E-state index in [1.54, 1.807) is 4.90 Å². The van der Waals surface area contributed by atoms with Crippen LogP contribution in [0, 0.1) is 6.92 Å². The number of carbonyl (C=O) groups is 2. The first-order valence-corrected chi connectivity index (χ1v) is 11.5. The Morgan fingerprint density at radius 1 is 1.19 bits per heavy atom. The van der Waals surface area contributed by atoms with Gasteiger partial charge in [-0.3, -0.25) is 14.5 Å². The van der Waals surface area contributed by atoms with E-state index >= 15 is 0 Å². The lowest BCUT2D eigenvalue weighted by Gasteiger charge is -2.25. The van der Waals surface area contributed by atoms with E-state index in [2.05, 4.69) is 49.1 Å². The number of anilines is 1. The van der Waals surface area contributed by atoms with Gasteiger partial charge in [0.15, 0.2) is 0 Å². The third-order valence-corrected chi connectivity index (χ3v) is 7.16. The summed E-state index contributed by atoms with van der Waals surface area (Å²) in [5.74, 6) is -0.981. The van der Waals surface area contributed by atoms with Crippen molar-refractivity contribution >= 4 is 51.4 Å². The van der Waals surface area contributed by atoms with E-state index in [1.807, 2.05) is 18.2 Å². The number of nitrogens with zero attached hydrogens (tertiary/aromatic N) is 2. The maximum atomic E-state index is 13.3. The fraction of sp³-hybridized carbons (Fsp3) is 0.292. The first kappa shape index (κ1) is 21.6. The SMILES string of the molecule is Cc1ccc2c(c1)/C(=C1/SC(=S)N(CCCC(=O)O)C1=O)C(C)N2Cc1ccccc1. The second kappa shape index (κ2) is 8.85. The van der Waals surface area contributed by atoms with Crippen molar-refractivity contribution in [3.63, 3.8) is 0 Å². The number of carboxylic acids is 1. The fourth-order valence-electron chi connectivity index (χ4n) is 4.16. The molecule has 0 radical (unpaired) electrons. The standard InChI is InChI=1S/C24H24N2O3S2/c1-15-10-11-19-18(13-15)21(16(2)26(19)14-17-7-4-3-5-8-17)22-23(29)25(24(30)31-22)12-6-9-20(27)28/h3-5,7-8,10-11,13,16H,6,9,12,14H2,1-2H3,(H,27,28)/b22-21+. The van der Waals surface area contributed by atoms with Gasteiger partial charge in [0.05, 0.1) is 10.9 Å². The van der Waals surface area contributed by atoms with Crippen molar-refractivity contribution in [2.24, 2.45) is 0 Å². The molecule has 1 N–H and O–H groups in total. The van der Waals surface area contributed by atoms with Crippen LogP contribution in [0.3, 0.4) is 0 Å². The number of aryl methyl sites for hydroxylation is 1. The Hall–Kier alpha value is -2.64. The molecular formula is C24H24N2O3S2. The molecule has 2 heterocycles. The Balaban J connectivity index is 1.70. The first-order valence-electron chi connectivity index (χ1n) is 10.3. The molecular weight excluding hydrogens is 428 g/mol. The highest BCUT2D eigenvalue weighted by molar-refractivity contribution is 8.26. The van der Waals surface area contributed by atoms with Gasteiger partial charge in [0.1, 0.15) is 4.32 Å². The van der Waals surface area contributed by atoms with Crippen LogP contribution in [-0.2, 0) is 16.1 Å². The molecule has 0 aliphatic carbocycles. The highest BCUT2D eigenvalue weighted by atomic mass is 32.2. The Morgan fingerprint density at radius 2 is 1.94 bits per heavy atom. The Morgan fingerprint density at radius 3 is 2.65 bits per heavy atom. The fourth-order valence-corrected chi connectivity index (χ4v) is 5.63. The Bertz CT molecular complexity index is 1080. The highest BCUT2D eigenvalue weighted by Crippen LogP contribution is 2.47. The first-order chi connectivity index (χ1) is 14.9. The molecule has 0 saturated carbocycles. The van der Waals surface area contributed by atoms with Gasteiger partial charge in [0, 0.05) is 36.3 Å². The van der Waals surface area contributed by atoms with Gasteiger partial charge in [-0.2, -0.15) is 0 Å². The number of fused-ring (bicyclic) bond motifs is 1. The van der Waals surface area contributed by atoms with Crippen molar-refractivity contribution in [3.05, 3.63) is 70.1 Å². The van der Waals surface area contributed by atoms with Crippen LogP contribution in [0.2, 0.25) is 0 Å². The van der Waals surface area contributed by atoms with Crippen LogP contribution < -0.4 is 4.90 Å². The third-order valence-electron chi connectivity index (χ3n) is 5.70. The molecule has 31 heavy (non-hydrogen) atoms. The quantitative estimate of drug-likeness (QED) is 0.500. The maximum absolute atomic E-state index is 13.3. The zero-order valence-electron chi connectivity index (χ0n) is 17.5. The largest absolute Gasteiger partial charge is 0.481 e. The molecule has 4 rings (SSSR count). The number of amides is 1. The number of rotatable bonds is 6. The third kappa shape index (κ3) is 4.25. The van der Waals surface area contributed by atoms with E-state index in [-0.39, 0.29) is 18.4 Å². The van der Waals surface area contributed by atoms with Crippen LogP contribution in [0.25, 0.3) is 5.57 Å². The molecule has 1 atom stereocenters. The number of hydrogen-bond donors (Lipinski definition) is 1. The molecule has 5 nitrogen and oxygen atoms in total. The Kier molecular flexibility index (Phi) is 6.16. The predicted molar refractivity (Wildman–Crippen MR) is 129 cm³/mol. The van der Waals surface area contributed by atoms with Crippen LogP contribution in [0.15, 0.2) is 53.4 Å². The second-order valence-electron chi connectivity index (χ2n) is 7.87. The molecule has 7 heteroatoms. The van der Waals surface area contributed by atoms with E-state index in [4.69, 9.17) is 17.3 Å². The number of thiocarbonyl (C=S) groups is 1. The van der Waals surface area contributed by atoms with Crippen molar-refractivity contribution in [3.8, 4) is 0 Å². The van der Waals surface area contributed by atoms with Crippen molar-refractivity contribution in [1.29, 1.82) is 0 Å². The molecule has 1 fully saturated rings. The predicted octanol–water partition coefficient (Wildman–Crippen LogP) is 4.84. The second-order valence-corrected chi connectivity index (χ2v) is 9.52. The lowest BCUT2D eigenvalue weighted by molar-refractivity contribution is -0.137. The number of thioether (sulfide) groups is 1. The van der Waals surface area contributed by atoms with Crippen LogP contribution in [0.1, 0.15) is 36.5 Å². The van der Waals surface area contributed by atoms with Gasteiger partial charge in [0.25, 0.3) is 5.91 Å². The van der Waals surface area contributed by atoms with Crippen molar-refractivity contribution in [2.75, 3.05) is 11.4 Å². The van der Waals surface area contributed by atoms with E-state index in [9.17, 15) is 9.59 Å². The van der Waals surface area contributed by atoms with Gasteiger partial charge in [-0.05, 0) is 38.0 Å². The molecule has 0 aromatic heterocycles. The average Bonchev–Trinajstić information content (AvgIpc) is 3.15. The summed E-state index contributed by atoms with van der Waals surface area (Å²) in [6.07, 6.45) is 0.405. The topological polar surface area (TPSA) is 60.9 Å². The molecule has 0 spiro atoms. The van der Waals surface area contributed by atoms with E-state index in [0.29, 0.717) is 22.2 Å². The maximum Gasteiger partial charge on any atom is 0.303 e. The summed E-state index contributed by atoms with van der Waals surface area (Å²) in [7, 11) is 0. The number of hydrogen-bond acceptors (Lipinski definition) is 5. The summed E-state index contributed by atoms with van der Waals surface area (Å²) in [5, 5.41) is 8.91. The van der Waals surface area contributed by atoms with Crippen molar-refractivity contribution < 1.29 is 14.7 Å². The van der Waals surface area contributed by atoms with Crippen molar-refractivity contribution in [2.45, 2.75) is 39.3 Å². The minimum Gasteiger partial charge on any atom is -0.481 e. The number of benzene rings is 2. The molecule has 2 aromatic carbocycles. The highest BCUT2D eigenvalue weighted by Gasteiger charge is 2.40. The monoisotopic (exact) mass is 452 g/mol. The normalized spacial score (nSPS) is 20.5.